The van der Waals surface area contributed by atoms with Crippen LogP contribution in [0.4, 0.5) is 0 Å². The molecule has 0 atom stereocenters. The lowest BCUT2D eigenvalue weighted by atomic mass is 10.4. The normalized spacial score (nSPS) is 11.3. The number of rotatable bonds is 1. The molecule has 0 unspecified atom stereocenters. The summed E-state index contributed by atoms with van der Waals surface area (Å²) in [4.78, 5) is 13.5. The van der Waals surface area contributed by atoms with E-state index in [2.05, 4.69) is 9.58 Å². The summed E-state index contributed by atoms with van der Waals surface area (Å²) in [6, 6.07) is 0. The Bertz CT molecular complexity index is 208. The van der Waals surface area contributed by atoms with Gasteiger partial charge in [0.05, 0.1) is 13.7 Å². The minimum absolute atomic E-state index is 0.150. The van der Waals surface area contributed by atoms with E-state index in [9.17, 15) is 4.79 Å². The van der Waals surface area contributed by atoms with Gasteiger partial charge in [0, 0.05) is 5.70 Å². The molecule has 0 aromatic heterocycles. The van der Waals surface area contributed by atoms with Gasteiger partial charge in [-0.1, -0.05) is 0 Å². The maximum Gasteiger partial charge on any atom is 0.337 e. The molecule has 0 aromatic carbocycles. The van der Waals surface area contributed by atoms with Gasteiger partial charge in [-0.05, 0) is 6.92 Å². The number of hydrogen-bond donors (Lipinski definition) is 1. The molecule has 0 saturated heterocycles. The Labute approximate surface area is 59.1 Å². The molecule has 54 valence electrons. The van der Waals surface area contributed by atoms with E-state index in [0.717, 1.165) is 0 Å². The number of ether oxygens (including phenoxy) is 1. The van der Waals surface area contributed by atoms with Crippen molar-refractivity contribution in [2.75, 3.05) is 7.11 Å². The van der Waals surface area contributed by atoms with Crippen molar-refractivity contribution in [1.82, 2.24) is 0 Å². The Morgan fingerprint density at radius 1 is 1.70 bits per heavy atom. The zero-order valence-electron chi connectivity index (χ0n) is 5.84. The van der Waals surface area contributed by atoms with E-state index in [-0.39, 0.29) is 11.4 Å². The molecule has 10 heavy (non-hydrogen) atoms. The second-order valence-electron chi connectivity index (χ2n) is 1.64. The first-order valence-electron chi connectivity index (χ1n) is 2.55. The van der Waals surface area contributed by atoms with Gasteiger partial charge < -0.3 is 10.5 Å². The van der Waals surface area contributed by atoms with Crippen LogP contribution in [0, 0.1) is 6.57 Å². The van der Waals surface area contributed by atoms with Crippen molar-refractivity contribution >= 4 is 5.97 Å². The number of hydrogen-bond acceptors (Lipinski definition) is 3. The first-order valence-corrected chi connectivity index (χ1v) is 2.55. The summed E-state index contributed by atoms with van der Waals surface area (Å²) in [5, 5.41) is 0. The third kappa shape index (κ3) is 1.78. The molecule has 0 bridgehead atoms. The minimum atomic E-state index is -0.685. The maximum atomic E-state index is 10.6. The second kappa shape index (κ2) is 3.51. The Kier molecular flexibility index (Phi) is 2.98. The van der Waals surface area contributed by atoms with Crippen molar-refractivity contribution in [3.63, 3.8) is 0 Å². The van der Waals surface area contributed by atoms with Crippen molar-refractivity contribution in [2.45, 2.75) is 6.92 Å². The summed E-state index contributed by atoms with van der Waals surface area (Å²) in [5.41, 5.74) is 5.22. The predicted octanol–water partition coefficient (Wildman–Crippen LogP) is 0.269. The molecule has 0 amide bonds. The van der Waals surface area contributed by atoms with Gasteiger partial charge in [0.2, 0.25) is 0 Å². The molecule has 0 saturated carbocycles. The third-order valence-electron chi connectivity index (χ3n) is 0.864. The first-order chi connectivity index (χ1) is 4.63. The van der Waals surface area contributed by atoms with E-state index < -0.39 is 5.97 Å². The minimum Gasteiger partial charge on any atom is -0.474 e. The standard InChI is InChI=1S/C6H8N2O2/c1-4(7)5(8-2)6(9)10-3/h7H2,1,3H3. The molecule has 4 nitrogen and oxygen atoms in total. The van der Waals surface area contributed by atoms with Crippen LogP contribution in [-0.2, 0) is 9.53 Å². The number of methoxy groups -OCH3 is 1. The van der Waals surface area contributed by atoms with Gasteiger partial charge in [0.15, 0.2) is 0 Å². The van der Waals surface area contributed by atoms with Crippen molar-refractivity contribution in [3.05, 3.63) is 22.8 Å². The van der Waals surface area contributed by atoms with E-state index in [1.54, 1.807) is 0 Å². The lowest BCUT2D eigenvalue weighted by Crippen LogP contribution is -2.07. The summed E-state index contributed by atoms with van der Waals surface area (Å²) in [7, 11) is 1.20. The van der Waals surface area contributed by atoms with Crippen LogP contribution in [0.2, 0.25) is 0 Å². The second-order valence-corrected chi connectivity index (χ2v) is 1.64. The third-order valence-corrected chi connectivity index (χ3v) is 0.864. The average Bonchev–Trinajstić information content (AvgIpc) is 1.88. The van der Waals surface area contributed by atoms with Gasteiger partial charge in [-0.3, -0.25) is 4.79 Å². The number of allylic oxidation sites excluding steroid dienone is 1. The molecule has 4 heteroatoms. The molecule has 0 aliphatic carbocycles. The van der Waals surface area contributed by atoms with Gasteiger partial charge in [-0.15, -0.1) is 0 Å². The molecule has 0 aliphatic rings. The summed E-state index contributed by atoms with van der Waals surface area (Å²) in [6.45, 7) is 7.99. The van der Waals surface area contributed by atoms with Crippen LogP contribution < -0.4 is 5.73 Å². The Hall–Kier alpha value is -1.50. The maximum absolute atomic E-state index is 10.6. The monoisotopic (exact) mass is 140 g/mol. The number of carbonyl (C=O) groups excluding carboxylic acids is 1. The van der Waals surface area contributed by atoms with Crippen LogP contribution in [0.3, 0.4) is 0 Å². The highest BCUT2D eigenvalue weighted by atomic mass is 16.5. The summed E-state index contributed by atoms with van der Waals surface area (Å²) >= 11 is 0. The number of esters is 1. The van der Waals surface area contributed by atoms with Gasteiger partial charge in [-0.2, -0.15) is 0 Å². The lowest BCUT2D eigenvalue weighted by molar-refractivity contribution is -0.135. The van der Waals surface area contributed by atoms with E-state index in [0.29, 0.717) is 0 Å². The highest BCUT2D eigenvalue weighted by Gasteiger charge is 2.10. The largest absolute Gasteiger partial charge is 0.474 e. The molecule has 0 spiro atoms. The topological polar surface area (TPSA) is 56.7 Å². The van der Waals surface area contributed by atoms with E-state index in [1.165, 1.54) is 14.0 Å². The Morgan fingerprint density at radius 2 is 2.20 bits per heavy atom. The number of nitrogens with two attached hydrogens (primary N) is 1. The molecule has 0 aromatic rings. The Morgan fingerprint density at radius 3 is 2.30 bits per heavy atom. The van der Waals surface area contributed by atoms with E-state index in [4.69, 9.17) is 12.3 Å². The highest BCUT2D eigenvalue weighted by Crippen LogP contribution is 2.01. The van der Waals surface area contributed by atoms with Gasteiger partial charge in [0.1, 0.15) is 0 Å². The molecule has 0 radical (unpaired) electrons. The average molecular weight is 140 g/mol. The van der Waals surface area contributed by atoms with Crippen molar-refractivity contribution in [1.29, 1.82) is 0 Å². The van der Waals surface area contributed by atoms with Crippen molar-refractivity contribution in [3.8, 4) is 0 Å². The Balaban J connectivity index is 4.59. The SMILES string of the molecule is [C-]#[N+]C(C(=O)OC)=C(C)N. The van der Waals surface area contributed by atoms with Gasteiger partial charge in [-0.25, -0.2) is 4.85 Å². The molecular weight excluding hydrogens is 132 g/mol. The number of carbonyl (C=O) groups is 1. The molecule has 0 rings (SSSR count). The highest BCUT2D eigenvalue weighted by molar-refractivity contribution is 5.90. The van der Waals surface area contributed by atoms with Gasteiger partial charge in [0.25, 0.3) is 5.70 Å². The summed E-state index contributed by atoms with van der Waals surface area (Å²) in [6.07, 6.45) is 0. The van der Waals surface area contributed by atoms with Gasteiger partial charge >= 0.3 is 5.97 Å². The first kappa shape index (κ1) is 8.50. The molecular formula is C6H8N2O2. The molecule has 2 N–H and O–H groups in total. The quantitative estimate of drug-likeness (QED) is 0.323. The van der Waals surface area contributed by atoms with Crippen LogP contribution >= 0.6 is 0 Å². The molecule has 0 aliphatic heterocycles. The predicted molar refractivity (Wildman–Crippen MR) is 35.5 cm³/mol. The van der Waals surface area contributed by atoms with Crippen LogP contribution in [0.25, 0.3) is 4.85 Å². The summed E-state index contributed by atoms with van der Waals surface area (Å²) < 4.78 is 4.27. The lowest BCUT2D eigenvalue weighted by Gasteiger charge is -1.96. The van der Waals surface area contributed by atoms with Crippen LogP contribution in [0.1, 0.15) is 6.92 Å². The fraction of sp³-hybridized carbons (Fsp3) is 0.333. The van der Waals surface area contributed by atoms with Crippen LogP contribution in [0.15, 0.2) is 11.4 Å². The molecule has 0 heterocycles. The fourth-order valence-electron chi connectivity index (χ4n) is 0.391. The zero-order chi connectivity index (χ0) is 8.15. The summed E-state index contributed by atoms with van der Waals surface area (Å²) in [5.74, 6) is -0.685. The fourth-order valence-corrected chi connectivity index (χ4v) is 0.391. The van der Waals surface area contributed by atoms with Crippen molar-refractivity contribution < 1.29 is 9.53 Å². The van der Waals surface area contributed by atoms with Crippen molar-refractivity contribution in [2.24, 2.45) is 5.73 Å². The van der Waals surface area contributed by atoms with Crippen LogP contribution in [0.5, 0.6) is 0 Å². The van der Waals surface area contributed by atoms with E-state index in [1.807, 2.05) is 0 Å². The van der Waals surface area contributed by atoms with E-state index >= 15 is 0 Å². The van der Waals surface area contributed by atoms with Crippen LogP contribution in [-0.4, -0.2) is 13.1 Å². The number of nitrogens with zero attached hydrogens (tertiary/aromatic N) is 1. The smallest absolute Gasteiger partial charge is 0.337 e. The molecule has 0 fully saturated rings. The zero-order valence-corrected chi connectivity index (χ0v) is 5.84.